The highest BCUT2D eigenvalue weighted by molar-refractivity contribution is 7.52. The van der Waals surface area contributed by atoms with E-state index in [1.165, 1.54) is 16.9 Å². The number of nitrogen functional groups attached to an aromatic ring is 1. The minimum atomic E-state index is -4.66. The zero-order chi connectivity index (χ0) is 45.4. The third-order valence-electron chi connectivity index (χ3n) is 10.7. The van der Waals surface area contributed by atoms with Crippen LogP contribution in [0.25, 0.3) is 5.52 Å². The highest BCUT2D eigenvalue weighted by atomic mass is 31.2. The molecule has 0 radical (unpaired) electrons. The van der Waals surface area contributed by atoms with Crippen LogP contribution in [0.5, 0.6) is 5.75 Å². The SMILES string of the molecule is CCC(CC)COC(=O)[C@H](Cc1ccccc1)NP(=O)(OC[C@H]1O[C@@](C#N)(c2ccc3c(N)ncnn23)[C@H](OC(=O)C(C)C)[C@@H]1OC(=O)C(C)C)Oc1ccc(C(C)(C)C)cc1. The summed E-state index contributed by atoms with van der Waals surface area (Å²) in [6.45, 7) is 16.1. The molecule has 5 rings (SSSR count). The molecule has 3 heterocycles. The second-order valence-electron chi connectivity index (χ2n) is 17.1. The van der Waals surface area contributed by atoms with E-state index in [2.05, 4.69) is 42.0 Å². The number of ether oxygens (including phenoxy) is 4. The number of hydrogen-bond donors (Lipinski definition) is 2. The predicted molar refractivity (Wildman–Crippen MR) is 230 cm³/mol. The number of fused-ring (bicyclic) bond motifs is 1. The second kappa shape index (κ2) is 20.2. The first-order chi connectivity index (χ1) is 29.3. The van der Waals surface area contributed by atoms with Crippen molar-refractivity contribution in [2.24, 2.45) is 17.8 Å². The maximum absolute atomic E-state index is 15.3. The zero-order valence-electron chi connectivity index (χ0n) is 36.9. The van der Waals surface area contributed by atoms with Gasteiger partial charge in [-0.15, -0.1) is 0 Å². The number of nitrogens with two attached hydrogens (primary N) is 1. The molecule has 0 bridgehead atoms. The first-order valence-corrected chi connectivity index (χ1v) is 22.5. The highest BCUT2D eigenvalue weighted by Crippen LogP contribution is 2.49. The van der Waals surface area contributed by atoms with Gasteiger partial charge < -0.3 is 29.2 Å². The fraction of sp³-hybridized carbons (Fsp3) is 0.511. The molecule has 0 amide bonds. The Morgan fingerprint density at radius 2 is 1.60 bits per heavy atom. The molecule has 3 N–H and O–H groups in total. The van der Waals surface area contributed by atoms with Gasteiger partial charge in [-0.25, -0.2) is 14.1 Å². The first-order valence-electron chi connectivity index (χ1n) is 21.0. The molecule has 1 aliphatic rings. The van der Waals surface area contributed by atoms with E-state index in [0.29, 0.717) is 5.52 Å². The Morgan fingerprint density at radius 3 is 2.19 bits per heavy atom. The normalized spacial score (nSPS) is 20.5. The summed E-state index contributed by atoms with van der Waals surface area (Å²) in [4.78, 5) is 44.8. The topological polar surface area (TPSA) is 216 Å². The number of aromatic nitrogens is 3. The Balaban J connectivity index is 1.60. The number of nitrogens with zero attached hydrogens (tertiary/aromatic N) is 4. The molecule has 16 nitrogen and oxygen atoms in total. The number of hydrogen-bond acceptors (Lipinski definition) is 14. The Labute approximate surface area is 363 Å². The number of carbonyl (C=O) groups excluding carboxylic acids is 3. The molecule has 0 spiro atoms. The number of nitriles is 1. The summed E-state index contributed by atoms with van der Waals surface area (Å²) < 4.78 is 53.4. The lowest BCUT2D eigenvalue weighted by Gasteiger charge is -2.29. The quantitative estimate of drug-likeness (QED) is 0.0539. The summed E-state index contributed by atoms with van der Waals surface area (Å²) in [5.41, 5.74) is 5.88. The van der Waals surface area contributed by atoms with Gasteiger partial charge in [-0.1, -0.05) is 118 Å². The standard InChI is InChI=1S/C45H59N6O10P/c1-10-30(11-2)24-56-43(54)34(23-31-15-13-12-14-16-31)50-62(55,61-33-19-17-32(18-20-33)44(7,8)9)57-25-36-38(58-41(52)28(3)4)39(59-42(53)29(5)6)45(26-46,60-36)37-22-21-35-40(47)48-27-49-51(35)37/h12-22,27-30,34,36,38-39H,10-11,23-25H2,1-9H3,(H,50,55)(H2,47,48,49)/t34-,36+,38+,39+,45-,62?/m0/s1. The van der Waals surface area contributed by atoms with Crippen LogP contribution in [-0.4, -0.2) is 70.1 Å². The summed E-state index contributed by atoms with van der Waals surface area (Å²) >= 11 is 0. The maximum atomic E-state index is 15.3. The molecule has 1 aliphatic heterocycles. The lowest BCUT2D eigenvalue weighted by atomic mass is 9.87. The Kier molecular flexibility index (Phi) is 15.6. The van der Waals surface area contributed by atoms with Gasteiger partial charge in [0.1, 0.15) is 35.8 Å². The molecule has 1 saturated heterocycles. The van der Waals surface area contributed by atoms with Gasteiger partial charge in [0.15, 0.2) is 18.0 Å². The molecule has 6 atom stereocenters. The Bertz CT molecular complexity index is 2250. The average molecular weight is 875 g/mol. The average Bonchev–Trinajstić information content (AvgIpc) is 3.80. The Morgan fingerprint density at radius 1 is 0.952 bits per heavy atom. The molecular weight excluding hydrogens is 816 g/mol. The van der Waals surface area contributed by atoms with Crippen molar-refractivity contribution in [3.8, 4) is 11.8 Å². The third kappa shape index (κ3) is 11.2. The smallest absolute Gasteiger partial charge is 0.459 e. The van der Waals surface area contributed by atoms with Gasteiger partial charge in [-0.05, 0) is 53.1 Å². The van der Waals surface area contributed by atoms with E-state index in [9.17, 15) is 19.6 Å². The number of rotatable bonds is 19. The van der Waals surface area contributed by atoms with Crippen LogP contribution in [0.3, 0.4) is 0 Å². The molecule has 17 heteroatoms. The molecule has 0 saturated carbocycles. The van der Waals surface area contributed by atoms with Crippen LogP contribution < -0.4 is 15.3 Å². The van der Waals surface area contributed by atoms with Gasteiger partial charge >= 0.3 is 25.7 Å². The summed E-state index contributed by atoms with van der Waals surface area (Å²) in [7, 11) is -4.66. The highest BCUT2D eigenvalue weighted by Gasteiger charge is 2.63. The minimum absolute atomic E-state index is 0.0495. The fourth-order valence-electron chi connectivity index (χ4n) is 6.80. The summed E-state index contributed by atoms with van der Waals surface area (Å²) in [5, 5.41) is 18.3. The van der Waals surface area contributed by atoms with Gasteiger partial charge in [0, 0.05) is 0 Å². The van der Waals surface area contributed by atoms with Crippen LogP contribution in [0.15, 0.2) is 73.1 Å². The van der Waals surface area contributed by atoms with Gasteiger partial charge in [0.2, 0.25) is 5.60 Å². The lowest BCUT2D eigenvalue weighted by molar-refractivity contribution is -0.173. The van der Waals surface area contributed by atoms with Crippen molar-refractivity contribution in [2.75, 3.05) is 18.9 Å². The van der Waals surface area contributed by atoms with Crippen molar-refractivity contribution in [3.63, 3.8) is 0 Å². The van der Waals surface area contributed by atoms with E-state index in [-0.39, 0.29) is 41.6 Å². The van der Waals surface area contributed by atoms with Gasteiger partial charge in [-0.3, -0.25) is 18.9 Å². The van der Waals surface area contributed by atoms with Crippen molar-refractivity contribution >= 4 is 37.0 Å². The number of anilines is 1. The predicted octanol–water partition coefficient (Wildman–Crippen LogP) is 7.25. The van der Waals surface area contributed by atoms with Gasteiger partial charge in [-0.2, -0.15) is 15.4 Å². The van der Waals surface area contributed by atoms with E-state index >= 15 is 4.57 Å². The molecular formula is C45H59N6O10P. The zero-order valence-corrected chi connectivity index (χ0v) is 37.8. The molecule has 334 valence electrons. The van der Waals surface area contributed by atoms with Gasteiger partial charge in [0.25, 0.3) is 0 Å². The molecule has 2 aromatic heterocycles. The minimum Gasteiger partial charge on any atom is -0.464 e. The van der Waals surface area contributed by atoms with E-state index in [4.69, 9.17) is 33.7 Å². The monoisotopic (exact) mass is 874 g/mol. The summed E-state index contributed by atoms with van der Waals surface area (Å²) in [6, 6.07) is 20.1. The van der Waals surface area contributed by atoms with E-state index in [1.807, 2.05) is 56.3 Å². The van der Waals surface area contributed by atoms with Crippen LogP contribution in [0.2, 0.25) is 0 Å². The van der Waals surface area contributed by atoms with Crippen molar-refractivity contribution in [1.29, 1.82) is 5.26 Å². The second-order valence-corrected chi connectivity index (χ2v) is 18.8. The van der Waals surface area contributed by atoms with Crippen LogP contribution in [0, 0.1) is 29.1 Å². The molecule has 1 fully saturated rings. The van der Waals surface area contributed by atoms with Crippen LogP contribution >= 0.6 is 7.75 Å². The fourth-order valence-corrected chi connectivity index (χ4v) is 8.30. The van der Waals surface area contributed by atoms with Crippen molar-refractivity contribution in [3.05, 3.63) is 89.9 Å². The van der Waals surface area contributed by atoms with Crippen LogP contribution in [0.1, 0.15) is 92.0 Å². The van der Waals surface area contributed by atoms with E-state index in [1.54, 1.807) is 45.9 Å². The third-order valence-corrected chi connectivity index (χ3v) is 12.3. The van der Waals surface area contributed by atoms with Crippen molar-refractivity contribution in [2.45, 2.75) is 117 Å². The van der Waals surface area contributed by atoms with E-state index in [0.717, 1.165) is 24.0 Å². The first kappa shape index (κ1) is 47.7. The van der Waals surface area contributed by atoms with Crippen LogP contribution in [-0.2, 0) is 59.9 Å². The summed E-state index contributed by atoms with van der Waals surface area (Å²) in [5.74, 6) is -3.06. The van der Waals surface area contributed by atoms with E-state index < -0.39 is 74.1 Å². The number of carbonyl (C=O) groups is 3. The van der Waals surface area contributed by atoms with Crippen molar-refractivity contribution in [1.82, 2.24) is 19.7 Å². The van der Waals surface area contributed by atoms with Crippen molar-refractivity contribution < 1.29 is 46.9 Å². The molecule has 4 aromatic rings. The van der Waals surface area contributed by atoms with Gasteiger partial charge in [0.05, 0.1) is 30.7 Å². The number of benzene rings is 2. The summed E-state index contributed by atoms with van der Waals surface area (Å²) in [6.07, 6.45) is -1.71. The Hall–Kier alpha value is -5.33. The largest absolute Gasteiger partial charge is 0.464 e. The number of nitrogens with one attached hydrogen (secondary N) is 1. The molecule has 0 aliphatic carbocycles. The molecule has 2 aromatic carbocycles. The lowest BCUT2D eigenvalue weighted by Crippen LogP contribution is -2.47. The van der Waals surface area contributed by atoms with Crippen LogP contribution in [0.4, 0.5) is 5.82 Å². The number of esters is 3. The molecule has 1 unspecified atom stereocenters. The maximum Gasteiger partial charge on any atom is 0.459 e. The molecule has 62 heavy (non-hydrogen) atoms.